The van der Waals surface area contributed by atoms with E-state index in [9.17, 15) is 13.2 Å². The van der Waals surface area contributed by atoms with Gasteiger partial charge in [0.2, 0.25) is 0 Å². The Labute approximate surface area is 120 Å². The Balaban J connectivity index is 2.13. The topological polar surface area (TPSA) is 35.8 Å². The van der Waals surface area contributed by atoms with E-state index in [4.69, 9.17) is 5.26 Å². The molecule has 6 heteroatoms. The molecule has 20 heavy (non-hydrogen) atoms. The molecule has 0 bridgehead atoms. The molecule has 1 saturated carbocycles. The molecule has 1 aromatic rings. The Hall–Kier alpha value is -1.35. The lowest BCUT2D eigenvalue weighted by Crippen LogP contribution is -2.16. The molecule has 0 aromatic heterocycles. The number of hydrogen-bond acceptors (Lipinski definition) is 3. The fourth-order valence-electron chi connectivity index (χ4n) is 2.49. The summed E-state index contributed by atoms with van der Waals surface area (Å²) in [6.45, 7) is 0. The molecule has 0 aliphatic heterocycles. The van der Waals surface area contributed by atoms with Gasteiger partial charge in [-0.25, -0.2) is 0 Å². The average molecular weight is 300 g/mol. The van der Waals surface area contributed by atoms with Gasteiger partial charge in [0.25, 0.3) is 0 Å². The maximum atomic E-state index is 12.7. The minimum Gasteiger partial charge on any atom is -0.382 e. The van der Waals surface area contributed by atoms with E-state index in [-0.39, 0.29) is 11.6 Å². The minimum atomic E-state index is -4.49. The second-order valence-corrected chi connectivity index (χ2v) is 6.02. The van der Waals surface area contributed by atoms with Gasteiger partial charge in [0.05, 0.1) is 17.2 Å². The maximum Gasteiger partial charge on any atom is 0.417 e. The van der Waals surface area contributed by atoms with Gasteiger partial charge >= 0.3 is 6.18 Å². The van der Waals surface area contributed by atoms with Crippen molar-refractivity contribution in [2.24, 2.45) is 0 Å². The third-order valence-corrected chi connectivity index (χ3v) is 4.63. The van der Waals surface area contributed by atoms with Crippen LogP contribution in [0.5, 0.6) is 0 Å². The van der Waals surface area contributed by atoms with Gasteiger partial charge in [-0.15, -0.1) is 0 Å². The zero-order valence-corrected chi connectivity index (χ0v) is 11.8. The van der Waals surface area contributed by atoms with Gasteiger partial charge in [-0.05, 0) is 43.7 Å². The zero-order chi connectivity index (χ0) is 14.8. The van der Waals surface area contributed by atoms with Crippen molar-refractivity contribution in [1.82, 2.24) is 0 Å². The molecule has 0 radical (unpaired) electrons. The Morgan fingerprint density at radius 1 is 1.35 bits per heavy atom. The van der Waals surface area contributed by atoms with Crippen molar-refractivity contribution in [2.45, 2.75) is 36.7 Å². The molecule has 0 heterocycles. The van der Waals surface area contributed by atoms with Crippen LogP contribution in [-0.4, -0.2) is 17.5 Å². The summed E-state index contributed by atoms with van der Waals surface area (Å²) in [5.74, 6) is 0. The van der Waals surface area contributed by atoms with Crippen LogP contribution in [0, 0.1) is 11.3 Å². The summed E-state index contributed by atoms with van der Waals surface area (Å²) in [6.07, 6.45) is 0.711. The lowest BCUT2D eigenvalue weighted by molar-refractivity contribution is -0.137. The van der Waals surface area contributed by atoms with E-state index in [1.54, 1.807) is 6.07 Å². The molecule has 0 spiro atoms. The van der Waals surface area contributed by atoms with Crippen molar-refractivity contribution in [3.8, 4) is 6.07 Å². The smallest absolute Gasteiger partial charge is 0.382 e. The number of thioether (sulfide) groups is 1. The molecular weight excluding hydrogens is 285 g/mol. The number of nitrogens with one attached hydrogen (secondary N) is 1. The van der Waals surface area contributed by atoms with Crippen LogP contribution in [0.3, 0.4) is 0 Å². The Morgan fingerprint density at radius 3 is 2.65 bits per heavy atom. The predicted octanol–water partition coefficient (Wildman–Crippen LogP) is 4.27. The highest BCUT2D eigenvalue weighted by atomic mass is 32.2. The number of nitrogens with zero attached hydrogens (tertiary/aromatic N) is 1. The summed E-state index contributed by atoms with van der Waals surface area (Å²) in [4.78, 5) is 0. The molecule has 2 rings (SSSR count). The second-order valence-electron chi connectivity index (χ2n) is 4.88. The summed E-state index contributed by atoms with van der Waals surface area (Å²) in [7, 11) is 0. The van der Waals surface area contributed by atoms with Crippen LogP contribution < -0.4 is 5.32 Å². The third-order valence-electron chi connectivity index (χ3n) is 3.53. The highest BCUT2D eigenvalue weighted by Crippen LogP contribution is 2.34. The first-order chi connectivity index (χ1) is 9.44. The largest absolute Gasteiger partial charge is 0.417 e. The summed E-state index contributed by atoms with van der Waals surface area (Å²) >= 11 is 1.82. The normalized spacial score (nSPS) is 22.6. The van der Waals surface area contributed by atoms with Crippen LogP contribution in [0.1, 0.15) is 30.4 Å². The first-order valence-corrected chi connectivity index (χ1v) is 7.63. The molecule has 1 aliphatic rings. The average Bonchev–Trinajstić information content (AvgIpc) is 2.85. The monoisotopic (exact) mass is 300 g/mol. The van der Waals surface area contributed by atoms with Crippen LogP contribution in [-0.2, 0) is 6.18 Å². The van der Waals surface area contributed by atoms with Gasteiger partial charge in [-0.1, -0.05) is 0 Å². The van der Waals surface area contributed by atoms with E-state index in [2.05, 4.69) is 11.6 Å². The number of benzene rings is 1. The highest BCUT2D eigenvalue weighted by Gasteiger charge is 2.33. The molecular formula is C14H15F3N2S. The van der Waals surface area contributed by atoms with Gasteiger partial charge in [0.1, 0.15) is 0 Å². The zero-order valence-electron chi connectivity index (χ0n) is 11.0. The first-order valence-electron chi connectivity index (χ1n) is 6.34. The van der Waals surface area contributed by atoms with Crippen molar-refractivity contribution in [3.63, 3.8) is 0 Å². The predicted molar refractivity (Wildman–Crippen MR) is 74.7 cm³/mol. The van der Waals surface area contributed by atoms with E-state index in [0.29, 0.717) is 10.9 Å². The van der Waals surface area contributed by atoms with Gasteiger partial charge in [0.15, 0.2) is 0 Å². The van der Waals surface area contributed by atoms with Gasteiger partial charge in [-0.2, -0.15) is 30.2 Å². The molecule has 108 valence electrons. The van der Waals surface area contributed by atoms with Crippen molar-refractivity contribution in [1.29, 1.82) is 5.26 Å². The van der Waals surface area contributed by atoms with Crippen molar-refractivity contribution in [2.75, 3.05) is 11.6 Å². The fourth-order valence-corrected chi connectivity index (χ4v) is 3.29. The lowest BCUT2D eigenvalue weighted by Gasteiger charge is -2.16. The quantitative estimate of drug-likeness (QED) is 0.905. The third kappa shape index (κ3) is 3.40. The van der Waals surface area contributed by atoms with E-state index in [1.807, 2.05) is 11.8 Å². The molecule has 1 fully saturated rings. The molecule has 2 unspecified atom stereocenters. The van der Waals surface area contributed by atoms with Crippen LogP contribution in [0.15, 0.2) is 18.2 Å². The van der Waals surface area contributed by atoms with Gasteiger partial charge in [0, 0.05) is 17.0 Å². The van der Waals surface area contributed by atoms with Crippen molar-refractivity contribution in [3.05, 3.63) is 29.3 Å². The maximum absolute atomic E-state index is 12.7. The number of anilines is 1. The number of nitriles is 1. The van der Waals surface area contributed by atoms with Crippen LogP contribution in [0.2, 0.25) is 0 Å². The SMILES string of the molecule is CSC1CCC(Nc2ccc(C(F)(F)F)c(C#N)c2)C1. The minimum absolute atomic E-state index is 0.274. The Morgan fingerprint density at radius 2 is 2.10 bits per heavy atom. The van der Waals surface area contributed by atoms with Crippen LogP contribution in [0.25, 0.3) is 0 Å². The van der Waals surface area contributed by atoms with Gasteiger partial charge in [-0.3, -0.25) is 0 Å². The Kier molecular flexibility index (Phi) is 4.48. The molecule has 0 saturated heterocycles. The van der Waals surface area contributed by atoms with E-state index < -0.39 is 11.7 Å². The molecule has 0 amide bonds. The fraction of sp³-hybridized carbons (Fsp3) is 0.500. The number of halogens is 3. The number of alkyl halides is 3. The van der Waals surface area contributed by atoms with E-state index in [0.717, 1.165) is 25.3 Å². The van der Waals surface area contributed by atoms with Crippen LogP contribution in [0.4, 0.5) is 18.9 Å². The number of hydrogen-bond donors (Lipinski definition) is 1. The molecule has 1 N–H and O–H groups in total. The van der Waals surface area contributed by atoms with Crippen molar-refractivity contribution >= 4 is 17.4 Å². The number of rotatable bonds is 3. The molecule has 1 aromatic carbocycles. The molecule has 2 atom stereocenters. The molecule has 1 aliphatic carbocycles. The summed E-state index contributed by atoms with van der Waals surface area (Å²) in [5, 5.41) is 12.7. The van der Waals surface area contributed by atoms with Crippen LogP contribution >= 0.6 is 11.8 Å². The summed E-state index contributed by atoms with van der Waals surface area (Å²) < 4.78 is 38.1. The van der Waals surface area contributed by atoms with Crippen molar-refractivity contribution < 1.29 is 13.2 Å². The lowest BCUT2D eigenvalue weighted by atomic mass is 10.1. The first kappa shape index (κ1) is 15.0. The van der Waals surface area contributed by atoms with E-state index in [1.165, 1.54) is 12.1 Å². The summed E-state index contributed by atoms with van der Waals surface area (Å²) in [5.41, 5.74) is -0.623. The van der Waals surface area contributed by atoms with E-state index >= 15 is 0 Å². The Bertz CT molecular complexity index is 522. The second kappa shape index (κ2) is 5.96. The summed E-state index contributed by atoms with van der Waals surface area (Å²) in [6, 6.07) is 5.56. The standard InChI is InChI=1S/C14H15F3N2S/c1-20-12-4-2-11(7-12)19-10-3-5-13(14(15,16)17)9(6-10)8-18/h3,5-6,11-12,19H,2,4,7H2,1H3. The van der Waals surface area contributed by atoms with Gasteiger partial charge < -0.3 is 5.32 Å². The highest BCUT2D eigenvalue weighted by molar-refractivity contribution is 7.99. The molecule has 2 nitrogen and oxygen atoms in total.